The lowest BCUT2D eigenvalue weighted by Gasteiger charge is -1.93. The van der Waals surface area contributed by atoms with E-state index in [0.717, 1.165) is 6.08 Å². The predicted molar refractivity (Wildman–Crippen MR) is 43.3 cm³/mol. The Bertz CT molecular complexity index is 257. The molecule has 0 unspecified atom stereocenters. The first-order valence-electron chi connectivity index (χ1n) is 3.53. The zero-order valence-corrected chi connectivity index (χ0v) is 7.35. The molecule has 0 rings (SSSR count). The molecule has 0 aliphatic heterocycles. The number of hydrogen-bond donors (Lipinski definition) is 1. The largest absolute Gasteiger partial charge is 0.466 e. The molecule has 0 aromatic heterocycles. The molecule has 6 nitrogen and oxygen atoms in total. The summed E-state index contributed by atoms with van der Waals surface area (Å²) in [6.45, 7) is 1.72. The fourth-order valence-corrected chi connectivity index (χ4v) is 0.504. The van der Waals surface area contributed by atoms with Gasteiger partial charge in [-0.25, -0.2) is 9.59 Å². The van der Waals surface area contributed by atoms with E-state index in [-0.39, 0.29) is 5.70 Å². The maximum atomic E-state index is 10.7. The molecule has 0 aromatic rings. The average Bonchev–Trinajstić information content (AvgIpc) is 2.11. The zero-order valence-electron chi connectivity index (χ0n) is 7.35. The van der Waals surface area contributed by atoms with Crippen LogP contribution in [0.15, 0.2) is 22.0 Å². The standard InChI is InChI=1S/C7H10N2O4/c1-3-5(4-6(10)13-2)8-9-7(11)12/h4H,3H2,1-2H3,(H,11,12)/b5-4+,9-8?. The number of carbonyl (C=O) groups is 2. The molecule has 13 heavy (non-hydrogen) atoms. The van der Waals surface area contributed by atoms with E-state index in [0.29, 0.717) is 6.42 Å². The number of azo groups is 1. The van der Waals surface area contributed by atoms with Gasteiger partial charge in [0.2, 0.25) is 0 Å². The average molecular weight is 186 g/mol. The summed E-state index contributed by atoms with van der Waals surface area (Å²) >= 11 is 0. The minimum Gasteiger partial charge on any atom is -0.466 e. The molecule has 0 spiro atoms. The SMILES string of the molecule is CC/C(=C\C(=O)OC)N=NC(=O)O. The van der Waals surface area contributed by atoms with Gasteiger partial charge in [0, 0.05) is 6.08 Å². The first-order chi connectivity index (χ1) is 6.10. The molecule has 0 bridgehead atoms. The van der Waals surface area contributed by atoms with E-state index in [2.05, 4.69) is 15.0 Å². The summed E-state index contributed by atoms with van der Waals surface area (Å²) in [7, 11) is 1.22. The van der Waals surface area contributed by atoms with Crippen molar-refractivity contribution in [1.82, 2.24) is 0 Å². The van der Waals surface area contributed by atoms with Gasteiger partial charge in [-0.1, -0.05) is 12.0 Å². The summed E-state index contributed by atoms with van der Waals surface area (Å²) in [5.41, 5.74) is 0.259. The maximum Gasteiger partial charge on any atom is 0.449 e. The Balaban J connectivity index is 4.42. The van der Waals surface area contributed by atoms with Crippen molar-refractivity contribution in [2.75, 3.05) is 7.11 Å². The highest BCUT2D eigenvalue weighted by Gasteiger charge is 1.99. The second-order valence-corrected chi connectivity index (χ2v) is 1.99. The van der Waals surface area contributed by atoms with Crippen LogP contribution >= 0.6 is 0 Å². The van der Waals surface area contributed by atoms with Gasteiger partial charge < -0.3 is 9.84 Å². The van der Waals surface area contributed by atoms with Gasteiger partial charge in [-0.15, -0.1) is 5.11 Å². The fraction of sp³-hybridized carbons (Fsp3) is 0.429. The molecule has 0 radical (unpaired) electrons. The van der Waals surface area contributed by atoms with E-state index in [9.17, 15) is 9.59 Å². The van der Waals surface area contributed by atoms with Crippen molar-refractivity contribution in [2.45, 2.75) is 13.3 Å². The van der Waals surface area contributed by atoms with Crippen molar-refractivity contribution < 1.29 is 19.4 Å². The van der Waals surface area contributed by atoms with Crippen molar-refractivity contribution in [2.24, 2.45) is 10.2 Å². The van der Waals surface area contributed by atoms with Gasteiger partial charge in [0.25, 0.3) is 0 Å². The number of methoxy groups -OCH3 is 1. The zero-order chi connectivity index (χ0) is 10.3. The van der Waals surface area contributed by atoms with Gasteiger partial charge in [-0.05, 0) is 6.42 Å². The van der Waals surface area contributed by atoms with Crippen LogP contribution in [0.2, 0.25) is 0 Å². The van der Waals surface area contributed by atoms with Gasteiger partial charge in [0.15, 0.2) is 0 Å². The third-order valence-corrected chi connectivity index (χ3v) is 1.11. The summed E-state index contributed by atoms with van der Waals surface area (Å²) in [5.74, 6) is -0.582. The summed E-state index contributed by atoms with van der Waals surface area (Å²) in [5, 5.41) is 14.3. The quantitative estimate of drug-likeness (QED) is 0.411. The Morgan fingerprint density at radius 2 is 2.08 bits per heavy atom. The minimum atomic E-state index is -1.40. The third-order valence-electron chi connectivity index (χ3n) is 1.11. The number of nitrogens with zero attached hydrogens (tertiary/aromatic N) is 2. The molecular weight excluding hydrogens is 176 g/mol. The monoisotopic (exact) mass is 186 g/mol. The van der Waals surface area contributed by atoms with Crippen molar-refractivity contribution in [3.8, 4) is 0 Å². The summed E-state index contributed by atoms with van der Waals surface area (Å²) in [6.07, 6.45) is 0.0995. The molecule has 1 N–H and O–H groups in total. The fourth-order valence-electron chi connectivity index (χ4n) is 0.504. The molecule has 0 atom stereocenters. The van der Waals surface area contributed by atoms with Crippen LogP contribution < -0.4 is 0 Å². The van der Waals surface area contributed by atoms with Gasteiger partial charge in [-0.2, -0.15) is 0 Å². The number of rotatable bonds is 3. The van der Waals surface area contributed by atoms with Gasteiger partial charge in [0.05, 0.1) is 12.8 Å². The van der Waals surface area contributed by atoms with Crippen LogP contribution in [0.3, 0.4) is 0 Å². The first kappa shape index (κ1) is 11.3. The molecule has 1 amide bonds. The van der Waals surface area contributed by atoms with E-state index in [4.69, 9.17) is 5.11 Å². The maximum absolute atomic E-state index is 10.7. The Labute approximate surface area is 74.9 Å². The smallest absolute Gasteiger partial charge is 0.449 e. The number of amides is 1. The Kier molecular flexibility index (Phi) is 5.09. The second kappa shape index (κ2) is 5.87. The third kappa shape index (κ3) is 5.54. The van der Waals surface area contributed by atoms with Gasteiger partial charge in [-0.3, -0.25) is 0 Å². The molecule has 6 heteroatoms. The lowest BCUT2D eigenvalue weighted by molar-refractivity contribution is -0.134. The predicted octanol–water partition coefficient (Wildman–Crippen LogP) is 1.58. The van der Waals surface area contributed by atoms with Crippen LogP contribution in [-0.2, 0) is 9.53 Å². The van der Waals surface area contributed by atoms with Crippen LogP contribution in [0.25, 0.3) is 0 Å². The van der Waals surface area contributed by atoms with E-state index in [1.54, 1.807) is 6.92 Å². The summed E-state index contributed by atoms with van der Waals surface area (Å²) in [6, 6.07) is 0. The van der Waals surface area contributed by atoms with E-state index < -0.39 is 12.1 Å². The number of carboxylic acid groups (broad SMARTS) is 1. The number of ether oxygens (including phenoxy) is 1. The van der Waals surface area contributed by atoms with E-state index in [1.165, 1.54) is 7.11 Å². The van der Waals surface area contributed by atoms with E-state index >= 15 is 0 Å². The Morgan fingerprint density at radius 1 is 1.46 bits per heavy atom. The minimum absolute atomic E-state index is 0.259. The molecule has 0 aliphatic carbocycles. The van der Waals surface area contributed by atoms with E-state index in [1.807, 2.05) is 0 Å². The number of hydrogen-bond acceptors (Lipinski definition) is 4. The van der Waals surface area contributed by atoms with Crippen molar-refractivity contribution in [1.29, 1.82) is 0 Å². The lowest BCUT2D eigenvalue weighted by Crippen LogP contribution is -1.96. The normalized spacial score (nSPS) is 11.7. The molecule has 0 aliphatic rings. The van der Waals surface area contributed by atoms with Crippen LogP contribution in [0, 0.1) is 0 Å². The number of allylic oxidation sites excluding steroid dienone is 1. The molecule has 72 valence electrons. The first-order valence-corrected chi connectivity index (χ1v) is 3.53. The highest BCUT2D eigenvalue weighted by molar-refractivity contribution is 5.82. The highest BCUT2D eigenvalue weighted by Crippen LogP contribution is 2.03. The highest BCUT2D eigenvalue weighted by atomic mass is 16.5. The summed E-state index contributed by atoms with van der Waals surface area (Å²) in [4.78, 5) is 20.6. The van der Waals surface area contributed by atoms with Crippen molar-refractivity contribution >= 4 is 12.1 Å². The summed E-state index contributed by atoms with van der Waals surface area (Å²) < 4.78 is 4.32. The van der Waals surface area contributed by atoms with Gasteiger partial charge >= 0.3 is 12.1 Å². The Hall–Kier alpha value is -1.72. The molecule has 0 saturated heterocycles. The van der Waals surface area contributed by atoms with Crippen molar-refractivity contribution in [3.63, 3.8) is 0 Å². The van der Waals surface area contributed by atoms with Crippen molar-refractivity contribution in [3.05, 3.63) is 11.8 Å². The van der Waals surface area contributed by atoms with Crippen LogP contribution in [0.4, 0.5) is 4.79 Å². The second-order valence-electron chi connectivity index (χ2n) is 1.99. The molecule has 0 saturated carbocycles. The van der Waals surface area contributed by atoms with Gasteiger partial charge in [0.1, 0.15) is 0 Å². The van der Waals surface area contributed by atoms with Crippen LogP contribution in [0.1, 0.15) is 13.3 Å². The number of esters is 1. The molecule has 0 aromatic carbocycles. The van der Waals surface area contributed by atoms with Crippen LogP contribution in [-0.4, -0.2) is 24.3 Å². The Morgan fingerprint density at radius 3 is 2.46 bits per heavy atom. The molecule has 0 fully saturated rings. The molecular formula is C7H10N2O4. The topological polar surface area (TPSA) is 88.3 Å². The van der Waals surface area contributed by atoms with Crippen LogP contribution in [0.5, 0.6) is 0 Å². The molecule has 0 heterocycles. The lowest BCUT2D eigenvalue weighted by atomic mass is 10.3. The number of carbonyl (C=O) groups excluding carboxylic acids is 1.